The number of fused-ring (bicyclic) bond motifs is 2. The quantitative estimate of drug-likeness (QED) is 0.138. The monoisotopic (exact) mass is 776 g/mol. The Morgan fingerprint density at radius 2 is 1.64 bits per heavy atom. The number of nitrogens with one attached hydrogen (secondary N) is 1. The van der Waals surface area contributed by atoms with Gasteiger partial charge in [0, 0.05) is 87.8 Å². The maximum Gasteiger partial charge on any atom is 0.422 e. The van der Waals surface area contributed by atoms with Crippen molar-refractivity contribution in [2.75, 3.05) is 89.0 Å². The summed E-state index contributed by atoms with van der Waals surface area (Å²) in [6.45, 7) is 11.0. The van der Waals surface area contributed by atoms with Gasteiger partial charge in [-0.05, 0) is 85.6 Å². The molecule has 1 aliphatic carbocycles. The normalized spacial score (nSPS) is 20.9. The summed E-state index contributed by atoms with van der Waals surface area (Å²) >= 11 is 0. The van der Waals surface area contributed by atoms with Crippen LogP contribution in [-0.4, -0.2) is 121 Å². The fourth-order valence-electron chi connectivity index (χ4n) is 9.70. The summed E-state index contributed by atoms with van der Waals surface area (Å²) < 4.78 is 67.4. The van der Waals surface area contributed by atoms with Crippen molar-refractivity contribution in [1.82, 2.24) is 30.0 Å². The number of rotatable bonds is 10. The number of carbonyl (C=O) groups is 1. The highest BCUT2D eigenvalue weighted by Gasteiger charge is 2.48. The van der Waals surface area contributed by atoms with E-state index in [9.17, 15) is 22.4 Å². The number of nitrogens with zero attached hydrogens (tertiary/aromatic N) is 7. The first kappa shape index (κ1) is 37.1. The zero-order chi connectivity index (χ0) is 39.0. The third-order valence-corrected chi connectivity index (χ3v) is 13.0. The van der Waals surface area contributed by atoms with Gasteiger partial charge in [-0.1, -0.05) is 12.6 Å². The molecule has 1 N–H and O–H groups in total. The minimum absolute atomic E-state index is 0.123. The number of alkyl halides is 3. The summed E-state index contributed by atoms with van der Waals surface area (Å²) in [4.78, 5) is 31.0. The number of aryl methyl sites for hydroxylation is 1. The standard InChI is InChI=1S/C41H48F4N8O3/c1-25-4-7-31-30(19-46-49-31)32(25)33-28(27-5-6-27)18-29-34(35(33)56-24-41(43,44)45)47-38(52-14-10-39(11-15-52)20-50(21-39)16-17-55-3)48-36(29)51-12-8-40(9-13-51)22-53(23-40)37(54)26(2)42/h4,7,18-19,27H,2,5-6,8-17,20-24H2,1,3H3,(H,46,49). The highest BCUT2D eigenvalue weighted by atomic mass is 19.4. The number of likely N-dealkylation sites (tertiary alicyclic amines) is 2. The fraction of sp³-hybridized carbons (Fsp3) is 0.561. The first-order valence-electron chi connectivity index (χ1n) is 19.7. The van der Waals surface area contributed by atoms with Crippen LogP contribution in [0.1, 0.15) is 55.6 Å². The lowest BCUT2D eigenvalue weighted by molar-refractivity contribution is -0.153. The maximum atomic E-state index is 14.2. The summed E-state index contributed by atoms with van der Waals surface area (Å²) in [7, 11) is 1.72. The van der Waals surface area contributed by atoms with Crippen molar-refractivity contribution in [3.05, 3.63) is 47.9 Å². The molecular formula is C41H48F4N8O3. The number of benzene rings is 2. The van der Waals surface area contributed by atoms with Crippen molar-refractivity contribution >= 4 is 39.5 Å². The van der Waals surface area contributed by atoms with Crippen LogP contribution < -0.4 is 14.5 Å². The average molecular weight is 777 g/mol. The van der Waals surface area contributed by atoms with Crippen molar-refractivity contribution in [2.24, 2.45) is 10.8 Å². The molecule has 2 spiro atoms. The van der Waals surface area contributed by atoms with E-state index in [1.807, 2.05) is 19.1 Å². The van der Waals surface area contributed by atoms with Crippen LogP contribution in [0.25, 0.3) is 32.9 Å². The number of anilines is 2. The van der Waals surface area contributed by atoms with Crippen molar-refractivity contribution in [2.45, 2.75) is 57.5 Å². The zero-order valence-electron chi connectivity index (χ0n) is 32.0. The van der Waals surface area contributed by atoms with Gasteiger partial charge in [0.2, 0.25) is 5.95 Å². The number of amides is 1. The van der Waals surface area contributed by atoms with Crippen LogP contribution in [0, 0.1) is 17.8 Å². The van der Waals surface area contributed by atoms with E-state index in [2.05, 4.69) is 37.5 Å². The Hall–Kier alpha value is -4.50. The van der Waals surface area contributed by atoms with Gasteiger partial charge in [0.1, 0.15) is 11.3 Å². The molecule has 56 heavy (non-hydrogen) atoms. The maximum absolute atomic E-state index is 14.2. The van der Waals surface area contributed by atoms with Crippen molar-refractivity contribution in [3.63, 3.8) is 0 Å². The highest BCUT2D eigenvalue weighted by Crippen LogP contribution is 2.54. The van der Waals surface area contributed by atoms with Crippen LogP contribution in [0.4, 0.5) is 29.3 Å². The fourth-order valence-corrected chi connectivity index (χ4v) is 9.70. The SMILES string of the molecule is C=C(F)C(=O)N1CC2(CCN(c3nc(N4CCC5(CC4)CN(CCOC)C5)nc4c(OCC(F)(F)F)c(-c5c(C)ccc6[nH]ncc56)c(C5CC5)cc34)CC2)C1. The molecule has 5 aliphatic rings. The van der Waals surface area contributed by atoms with Gasteiger partial charge in [-0.3, -0.25) is 14.8 Å². The number of hydrogen-bond acceptors (Lipinski definition) is 9. The van der Waals surface area contributed by atoms with Crippen LogP contribution in [0.5, 0.6) is 5.75 Å². The molecule has 15 heteroatoms. The topological polar surface area (TPSA) is 103 Å². The number of piperidine rings is 2. The molecule has 298 valence electrons. The van der Waals surface area contributed by atoms with Gasteiger partial charge in [-0.15, -0.1) is 0 Å². The van der Waals surface area contributed by atoms with Crippen molar-refractivity contribution in [3.8, 4) is 16.9 Å². The largest absolute Gasteiger partial charge is 0.481 e. The van der Waals surface area contributed by atoms with Gasteiger partial charge < -0.3 is 24.2 Å². The number of halogens is 4. The molecule has 4 aliphatic heterocycles. The minimum atomic E-state index is -4.58. The molecule has 4 aromatic rings. The number of hydrogen-bond donors (Lipinski definition) is 1. The molecule has 4 saturated heterocycles. The van der Waals surface area contributed by atoms with E-state index in [4.69, 9.17) is 19.4 Å². The van der Waals surface area contributed by atoms with Gasteiger partial charge in [0.15, 0.2) is 18.2 Å². The molecule has 9 rings (SSSR count). The molecule has 1 saturated carbocycles. The van der Waals surface area contributed by atoms with Gasteiger partial charge in [0.25, 0.3) is 5.91 Å². The number of carbonyl (C=O) groups excluding carboxylic acids is 1. The second kappa shape index (κ2) is 13.9. The van der Waals surface area contributed by atoms with Gasteiger partial charge in [0.05, 0.1) is 18.3 Å². The number of ether oxygens (including phenoxy) is 2. The van der Waals surface area contributed by atoms with Crippen molar-refractivity contribution < 1.29 is 31.8 Å². The Bertz CT molecular complexity index is 2170. The second-order valence-electron chi connectivity index (χ2n) is 16.9. The predicted octanol–water partition coefficient (Wildman–Crippen LogP) is 6.76. The predicted molar refractivity (Wildman–Crippen MR) is 206 cm³/mol. The summed E-state index contributed by atoms with van der Waals surface area (Å²) in [6.07, 6.45) is 2.42. The number of methoxy groups -OCH3 is 1. The summed E-state index contributed by atoms with van der Waals surface area (Å²) in [5, 5.41) is 8.81. The highest BCUT2D eigenvalue weighted by molar-refractivity contribution is 6.06. The van der Waals surface area contributed by atoms with Gasteiger partial charge in [-0.2, -0.15) is 23.3 Å². The molecule has 2 aromatic heterocycles. The number of H-pyrrole nitrogens is 1. The molecule has 6 heterocycles. The Morgan fingerprint density at radius 1 is 0.964 bits per heavy atom. The molecule has 2 aromatic carbocycles. The van der Waals surface area contributed by atoms with E-state index in [0.717, 1.165) is 98.8 Å². The molecule has 0 unspecified atom stereocenters. The smallest absolute Gasteiger partial charge is 0.422 e. The average Bonchev–Trinajstić information content (AvgIpc) is 3.89. The zero-order valence-corrected chi connectivity index (χ0v) is 32.0. The second-order valence-corrected chi connectivity index (χ2v) is 16.9. The molecular weight excluding hydrogens is 728 g/mol. The Balaban J connectivity index is 1.15. The summed E-state index contributed by atoms with van der Waals surface area (Å²) in [5.74, 6) is -0.168. The number of aromatic nitrogens is 4. The van der Waals surface area contributed by atoms with E-state index in [1.54, 1.807) is 13.3 Å². The third-order valence-electron chi connectivity index (χ3n) is 13.0. The lowest BCUT2D eigenvalue weighted by Crippen LogP contribution is -2.62. The Morgan fingerprint density at radius 3 is 2.29 bits per heavy atom. The number of aromatic amines is 1. The lowest BCUT2D eigenvalue weighted by Gasteiger charge is -2.54. The molecule has 0 radical (unpaired) electrons. The first-order chi connectivity index (χ1) is 26.8. The molecule has 11 nitrogen and oxygen atoms in total. The van der Waals surface area contributed by atoms with Crippen LogP contribution in [0.15, 0.2) is 36.8 Å². The lowest BCUT2D eigenvalue weighted by atomic mass is 9.72. The Kier molecular flexibility index (Phi) is 9.18. The van der Waals surface area contributed by atoms with Crippen LogP contribution in [-0.2, 0) is 9.53 Å². The van der Waals surface area contributed by atoms with Gasteiger partial charge >= 0.3 is 6.18 Å². The first-order valence-corrected chi connectivity index (χ1v) is 19.7. The van der Waals surface area contributed by atoms with Crippen LogP contribution in [0.2, 0.25) is 0 Å². The van der Waals surface area contributed by atoms with Gasteiger partial charge in [-0.25, -0.2) is 9.37 Å². The van der Waals surface area contributed by atoms with Crippen LogP contribution >= 0.6 is 0 Å². The summed E-state index contributed by atoms with van der Waals surface area (Å²) in [6, 6.07) is 6.00. The van der Waals surface area contributed by atoms with E-state index in [0.29, 0.717) is 61.0 Å². The Labute approximate surface area is 323 Å². The molecule has 0 bridgehead atoms. The minimum Gasteiger partial charge on any atom is -0.481 e. The summed E-state index contributed by atoms with van der Waals surface area (Å²) in [5.41, 5.74) is 4.52. The third kappa shape index (κ3) is 6.73. The van der Waals surface area contributed by atoms with E-state index >= 15 is 0 Å². The van der Waals surface area contributed by atoms with E-state index in [1.165, 1.54) is 4.90 Å². The van der Waals surface area contributed by atoms with Crippen molar-refractivity contribution in [1.29, 1.82) is 0 Å². The molecule has 5 fully saturated rings. The molecule has 1 amide bonds. The van der Waals surface area contributed by atoms with Crippen LogP contribution in [0.3, 0.4) is 0 Å². The van der Waals surface area contributed by atoms with E-state index < -0.39 is 24.5 Å². The van der Waals surface area contributed by atoms with E-state index in [-0.39, 0.29) is 22.5 Å². The molecule has 0 atom stereocenters.